The Morgan fingerprint density at radius 3 is 2.83 bits per heavy atom. The summed E-state index contributed by atoms with van der Waals surface area (Å²) < 4.78 is 13.3. The Morgan fingerprint density at radius 1 is 1.33 bits per heavy atom. The van der Waals surface area contributed by atoms with E-state index in [2.05, 4.69) is 10.3 Å². The molecule has 0 saturated heterocycles. The number of benzene rings is 1. The zero-order valence-corrected chi connectivity index (χ0v) is 10.1. The lowest BCUT2D eigenvalue weighted by atomic mass is 10.2. The van der Waals surface area contributed by atoms with Gasteiger partial charge < -0.3 is 5.32 Å². The average Bonchev–Trinajstić information content (AvgIpc) is 2.37. The number of rotatable bonds is 3. The van der Waals surface area contributed by atoms with Crippen LogP contribution < -0.4 is 5.32 Å². The SMILES string of the molecule is O=C(NCc1ccccc1F)c1ccnc(Cl)c1. The summed E-state index contributed by atoms with van der Waals surface area (Å²) in [6, 6.07) is 9.29. The van der Waals surface area contributed by atoms with Crippen molar-refractivity contribution < 1.29 is 9.18 Å². The minimum atomic E-state index is -0.342. The van der Waals surface area contributed by atoms with E-state index in [0.717, 1.165) is 0 Å². The van der Waals surface area contributed by atoms with Gasteiger partial charge in [-0.3, -0.25) is 4.79 Å². The Labute approximate surface area is 109 Å². The predicted octanol–water partition coefficient (Wildman–Crippen LogP) is 2.80. The minimum Gasteiger partial charge on any atom is -0.348 e. The van der Waals surface area contributed by atoms with Gasteiger partial charge in [-0.25, -0.2) is 9.37 Å². The highest BCUT2D eigenvalue weighted by molar-refractivity contribution is 6.29. The molecule has 2 rings (SSSR count). The first-order valence-corrected chi connectivity index (χ1v) is 5.68. The summed E-state index contributed by atoms with van der Waals surface area (Å²) in [6.07, 6.45) is 1.44. The number of pyridine rings is 1. The van der Waals surface area contributed by atoms with Crippen molar-refractivity contribution in [3.05, 3.63) is 64.7 Å². The monoisotopic (exact) mass is 264 g/mol. The van der Waals surface area contributed by atoms with Crippen LogP contribution in [-0.4, -0.2) is 10.9 Å². The van der Waals surface area contributed by atoms with Gasteiger partial charge in [0.15, 0.2) is 0 Å². The normalized spacial score (nSPS) is 10.1. The van der Waals surface area contributed by atoms with Crippen LogP contribution in [0, 0.1) is 5.82 Å². The van der Waals surface area contributed by atoms with Gasteiger partial charge in [0.2, 0.25) is 0 Å². The molecule has 0 atom stereocenters. The van der Waals surface area contributed by atoms with Gasteiger partial charge >= 0.3 is 0 Å². The van der Waals surface area contributed by atoms with Crippen LogP contribution >= 0.6 is 11.6 Å². The fraction of sp³-hybridized carbons (Fsp3) is 0.0769. The highest BCUT2D eigenvalue weighted by Gasteiger charge is 2.07. The van der Waals surface area contributed by atoms with Crippen LogP contribution in [0.15, 0.2) is 42.6 Å². The first-order valence-electron chi connectivity index (χ1n) is 5.30. The second kappa shape index (κ2) is 5.60. The van der Waals surface area contributed by atoms with E-state index in [1.54, 1.807) is 24.3 Å². The van der Waals surface area contributed by atoms with E-state index in [1.165, 1.54) is 18.3 Å². The first-order chi connectivity index (χ1) is 8.66. The maximum Gasteiger partial charge on any atom is 0.251 e. The quantitative estimate of drug-likeness (QED) is 0.866. The molecular weight excluding hydrogens is 255 g/mol. The molecule has 18 heavy (non-hydrogen) atoms. The van der Waals surface area contributed by atoms with E-state index in [0.29, 0.717) is 11.1 Å². The standard InChI is InChI=1S/C13H10ClFN2O/c14-12-7-9(5-6-16-12)13(18)17-8-10-3-1-2-4-11(10)15/h1-7H,8H2,(H,17,18). The molecule has 5 heteroatoms. The fourth-order valence-electron chi connectivity index (χ4n) is 1.46. The van der Waals surface area contributed by atoms with Gasteiger partial charge in [-0.1, -0.05) is 29.8 Å². The lowest BCUT2D eigenvalue weighted by molar-refractivity contribution is 0.0950. The maximum absolute atomic E-state index is 13.3. The Morgan fingerprint density at radius 2 is 2.11 bits per heavy atom. The second-order valence-electron chi connectivity index (χ2n) is 3.64. The number of aromatic nitrogens is 1. The molecule has 0 aliphatic heterocycles. The fourth-order valence-corrected chi connectivity index (χ4v) is 1.64. The smallest absolute Gasteiger partial charge is 0.251 e. The summed E-state index contributed by atoms with van der Waals surface area (Å²) in [5, 5.41) is 2.86. The molecular formula is C13H10ClFN2O. The Kier molecular flexibility index (Phi) is 3.89. The highest BCUT2D eigenvalue weighted by Crippen LogP contribution is 2.08. The van der Waals surface area contributed by atoms with Crippen LogP contribution in [0.3, 0.4) is 0 Å². The van der Waals surface area contributed by atoms with E-state index >= 15 is 0 Å². The van der Waals surface area contributed by atoms with Gasteiger partial charge in [-0.05, 0) is 18.2 Å². The Balaban J connectivity index is 2.03. The van der Waals surface area contributed by atoms with Crippen molar-refractivity contribution in [2.75, 3.05) is 0 Å². The number of carbonyl (C=O) groups excluding carboxylic acids is 1. The zero-order chi connectivity index (χ0) is 13.0. The number of amides is 1. The molecule has 3 nitrogen and oxygen atoms in total. The summed E-state index contributed by atoms with van der Waals surface area (Å²) in [5.74, 6) is -0.659. The molecule has 1 N–H and O–H groups in total. The molecule has 1 aromatic heterocycles. The molecule has 1 aromatic carbocycles. The Hall–Kier alpha value is -1.94. The van der Waals surface area contributed by atoms with E-state index in [9.17, 15) is 9.18 Å². The first kappa shape index (κ1) is 12.5. The molecule has 1 amide bonds. The van der Waals surface area contributed by atoms with E-state index in [1.807, 2.05) is 0 Å². The number of nitrogens with one attached hydrogen (secondary N) is 1. The summed E-state index contributed by atoms with van der Waals surface area (Å²) in [6.45, 7) is 0.130. The lowest BCUT2D eigenvalue weighted by Gasteiger charge is -2.06. The predicted molar refractivity (Wildman–Crippen MR) is 66.8 cm³/mol. The summed E-state index contributed by atoms with van der Waals surface area (Å²) in [5.41, 5.74) is 0.831. The van der Waals surface area contributed by atoms with Gasteiger partial charge in [0.05, 0.1) is 0 Å². The Bertz CT molecular complexity index is 574. The van der Waals surface area contributed by atoms with Crippen LogP contribution in [0.5, 0.6) is 0 Å². The van der Waals surface area contributed by atoms with Crippen molar-refractivity contribution >= 4 is 17.5 Å². The van der Waals surface area contributed by atoms with Crippen LogP contribution in [0.1, 0.15) is 15.9 Å². The van der Waals surface area contributed by atoms with Gasteiger partial charge in [-0.15, -0.1) is 0 Å². The van der Waals surface area contributed by atoms with Crippen molar-refractivity contribution in [1.82, 2.24) is 10.3 Å². The second-order valence-corrected chi connectivity index (χ2v) is 4.03. The van der Waals surface area contributed by atoms with Crippen molar-refractivity contribution in [3.63, 3.8) is 0 Å². The van der Waals surface area contributed by atoms with Crippen LogP contribution in [-0.2, 0) is 6.54 Å². The van der Waals surface area contributed by atoms with Gasteiger partial charge in [-0.2, -0.15) is 0 Å². The summed E-state index contributed by atoms with van der Waals surface area (Å²) in [4.78, 5) is 15.5. The van der Waals surface area contributed by atoms with Crippen molar-refractivity contribution in [2.45, 2.75) is 6.54 Å². The van der Waals surface area contributed by atoms with Crippen LogP contribution in [0.2, 0.25) is 5.15 Å². The number of halogens is 2. The third kappa shape index (κ3) is 3.05. The van der Waals surface area contributed by atoms with Crippen molar-refractivity contribution in [1.29, 1.82) is 0 Å². The van der Waals surface area contributed by atoms with Gasteiger partial charge in [0.25, 0.3) is 5.91 Å². The summed E-state index contributed by atoms with van der Waals surface area (Å²) in [7, 11) is 0. The number of hydrogen-bond donors (Lipinski definition) is 1. The number of nitrogens with zero attached hydrogens (tertiary/aromatic N) is 1. The molecule has 0 radical (unpaired) electrons. The number of hydrogen-bond acceptors (Lipinski definition) is 2. The zero-order valence-electron chi connectivity index (χ0n) is 9.36. The molecule has 0 aliphatic rings. The highest BCUT2D eigenvalue weighted by atomic mass is 35.5. The average molecular weight is 265 g/mol. The van der Waals surface area contributed by atoms with Crippen molar-refractivity contribution in [3.8, 4) is 0 Å². The number of carbonyl (C=O) groups is 1. The van der Waals surface area contributed by atoms with E-state index in [-0.39, 0.29) is 23.4 Å². The largest absolute Gasteiger partial charge is 0.348 e. The van der Waals surface area contributed by atoms with Crippen LogP contribution in [0.25, 0.3) is 0 Å². The molecule has 0 saturated carbocycles. The lowest BCUT2D eigenvalue weighted by Crippen LogP contribution is -2.23. The van der Waals surface area contributed by atoms with Gasteiger partial charge in [0.1, 0.15) is 11.0 Å². The molecule has 0 bridgehead atoms. The molecule has 0 spiro atoms. The van der Waals surface area contributed by atoms with Gasteiger partial charge in [0, 0.05) is 23.9 Å². The van der Waals surface area contributed by atoms with Crippen LogP contribution in [0.4, 0.5) is 4.39 Å². The molecule has 92 valence electrons. The maximum atomic E-state index is 13.3. The molecule has 0 fully saturated rings. The van der Waals surface area contributed by atoms with Crippen molar-refractivity contribution in [2.24, 2.45) is 0 Å². The third-order valence-corrected chi connectivity index (χ3v) is 2.59. The molecule has 2 aromatic rings. The van der Waals surface area contributed by atoms with E-state index in [4.69, 9.17) is 11.6 Å². The van der Waals surface area contributed by atoms with E-state index < -0.39 is 0 Å². The molecule has 1 heterocycles. The topological polar surface area (TPSA) is 42.0 Å². The summed E-state index contributed by atoms with van der Waals surface area (Å²) >= 11 is 5.68. The molecule has 0 aliphatic carbocycles. The minimum absolute atomic E-state index is 0.130. The third-order valence-electron chi connectivity index (χ3n) is 2.39. The molecule has 0 unspecified atom stereocenters.